The van der Waals surface area contributed by atoms with Gasteiger partial charge in [-0.05, 0) is 40.2 Å². The van der Waals surface area contributed by atoms with Crippen LogP contribution in [0.2, 0.25) is 0 Å². The van der Waals surface area contributed by atoms with Crippen molar-refractivity contribution in [1.29, 1.82) is 0 Å². The van der Waals surface area contributed by atoms with E-state index in [2.05, 4.69) is 26.4 Å². The van der Waals surface area contributed by atoms with Crippen LogP contribution in [0.15, 0.2) is 44.8 Å². The standard InChI is InChI=1S/C12H9BrFN3O3/c13-10-7(3-4-20-10)12(18)16-9-2-1-6(14)5-8(9)11(15)17-19/h1-5,19H,(H2,15,17)(H,16,18). The van der Waals surface area contributed by atoms with E-state index >= 15 is 0 Å². The normalized spacial score (nSPS) is 11.4. The zero-order valence-corrected chi connectivity index (χ0v) is 11.5. The number of hydrogen-bond acceptors (Lipinski definition) is 4. The van der Waals surface area contributed by atoms with Gasteiger partial charge in [-0.3, -0.25) is 4.79 Å². The van der Waals surface area contributed by atoms with Gasteiger partial charge in [-0.2, -0.15) is 0 Å². The molecule has 2 aromatic rings. The van der Waals surface area contributed by atoms with E-state index in [1.54, 1.807) is 0 Å². The summed E-state index contributed by atoms with van der Waals surface area (Å²) in [6.45, 7) is 0. The van der Waals surface area contributed by atoms with Crippen molar-refractivity contribution in [1.82, 2.24) is 0 Å². The second kappa shape index (κ2) is 5.74. The lowest BCUT2D eigenvalue weighted by Gasteiger charge is -2.09. The van der Waals surface area contributed by atoms with Crippen LogP contribution in [0.5, 0.6) is 0 Å². The Hall–Kier alpha value is -2.35. The van der Waals surface area contributed by atoms with E-state index in [1.165, 1.54) is 18.4 Å². The average molecular weight is 342 g/mol. The number of anilines is 1. The van der Waals surface area contributed by atoms with Gasteiger partial charge in [0.2, 0.25) is 0 Å². The summed E-state index contributed by atoms with van der Waals surface area (Å²) in [5, 5.41) is 14.0. The molecule has 2 rings (SSSR count). The number of nitrogens with zero attached hydrogens (tertiary/aromatic N) is 1. The van der Waals surface area contributed by atoms with Gasteiger partial charge in [0.15, 0.2) is 10.5 Å². The Morgan fingerprint density at radius 3 is 2.75 bits per heavy atom. The first-order chi connectivity index (χ1) is 9.52. The second-order valence-electron chi connectivity index (χ2n) is 3.74. The summed E-state index contributed by atoms with van der Waals surface area (Å²) in [4.78, 5) is 12.0. The van der Waals surface area contributed by atoms with Gasteiger partial charge in [0.05, 0.1) is 17.5 Å². The molecule has 4 N–H and O–H groups in total. The van der Waals surface area contributed by atoms with E-state index in [0.29, 0.717) is 0 Å². The molecule has 1 amide bonds. The van der Waals surface area contributed by atoms with E-state index in [4.69, 9.17) is 15.4 Å². The van der Waals surface area contributed by atoms with Gasteiger partial charge in [-0.15, -0.1) is 0 Å². The molecule has 0 bridgehead atoms. The summed E-state index contributed by atoms with van der Waals surface area (Å²) in [5.41, 5.74) is 5.98. The van der Waals surface area contributed by atoms with Crippen LogP contribution in [0.1, 0.15) is 15.9 Å². The molecule has 1 heterocycles. The van der Waals surface area contributed by atoms with Gasteiger partial charge in [0, 0.05) is 5.56 Å². The number of nitrogens with one attached hydrogen (secondary N) is 1. The van der Waals surface area contributed by atoms with Crippen molar-refractivity contribution in [3.63, 3.8) is 0 Å². The van der Waals surface area contributed by atoms with Crippen LogP contribution in [-0.4, -0.2) is 17.0 Å². The molecule has 0 aliphatic rings. The lowest BCUT2D eigenvalue weighted by atomic mass is 10.1. The maximum Gasteiger partial charge on any atom is 0.260 e. The molecule has 0 unspecified atom stereocenters. The number of benzene rings is 1. The van der Waals surface area contributed by atoms with Crippen LogP contribution >= 0.6 is 15.9 Å². The Labute approximate surface area is 121 Å². The summed E-state index contributed by atoms with van der Waals surface area (Å²) < 4.78 is 18.4. The molecule has 0 aliphatic carbocycles. The number of carbonyl (C=O) groups is 1. The number of halogens is 2. The third kappa shape index (κ3) is 2.80. The number of nitrogens with two attached hydrogens (primary N) is 1. The molecule has 0 fully saturated rings. The van der Waals surface area contributed by atoms with Crippen molar-refractivity contribution >= 4 is 33.4 Å². The van der Waals surface area contributed by atoms with Gasteiger partial charge in [-0.1, -0.05) is 5.16 Å². The van der Waals surface area contributed by atoms with E-state index in [0.717, 1.165) is 12.1 Å². The maximum absolute atomic E-state index is 13.2. The fraction of sp³-hybridized carbons (Fsp3) is 0. The smallest absolute Gasteiger partial charge is 0.260 e. The Bertz CT molecular complexity index is 684. The number of carbonyl (C=O) groups excluding carboxylic acids is 1. The summed E-state index contributed by atoms with van der Waals surface area (Å²) in [6.07, 6.45) is 1.34. The molecule has 20 heavy (non-hydrogen) atoms. The highest BCUT2D eigenvalue weighted by Gasteiger charge is 2.16. The van der Waals surface area contributed by atoms with Gasteiger partial charge in [0.25, 0.3) is 5.91 Å². The van der Waals surface area contributed by atoms with Crippen molar-refractivity contribution in [2.75, 3.05) is 5.32 Å². The molecule has 0 radical (unpaired) electrons. The summed E-state index contributed by atoms with van der Waals surface area (Å²) >= 11 is 3.08. The second-order valence-corrected chi connectivity index (χ2v) is 4.46. The number of oxime groups is 1. The Morgan fingerprint density at radius 2 is 2.15 bits per heavy atom. The molecular formula is C12H9BrFN3O3. The highest BCUT2D eigenvalue weighted by Crippen LogP contribution is 2.21. The Balaban J connectivity index is 2.35. The fourth-order valence-electron chi connectivity index (χ4n) is 1.54. The van der Waals surface area contributed by atoms with E-state index in [9.17, 15) is 9.18 Å². The van der Waals surface area contributed by atoms with Crippen molar-refractivity contribution in [3.8, 4) is 0 Å². The molecule has 1 aromatic carbocycles. The SMILES string of the molecule is N/C(=N/O)c1cc(F)ccc1NC(=O)c1ccoc1Br. The first-order valence-electron chi connectivity index (χ1n) is 5.34. The van der Waals surface area contributed by atoms with E-state index in [1.807, 2.05) is 0 Å². The van der Waals surface area contributed by atoms with Crippen molar-refractivity contribution < 1.29 is 18.8 Å². The first kappa shape index (κ1) is 14.1. The molecule has 0 spiro atoms. The summed E-state index contributed by atoms with van der Waals surface area (Å²) in [7, 11) is 0. The lowest BCUT2D eigenvalue weighted by Crippen LogP contribution is -2.19. The lowest BCUT2D eigenvalue weighted by molar-refractivity contribution is 0.102. The highest BCUT2D eigenvalue weighted by molar-refractivity contribution is 9.10. The molecule has 6 nitrogen and oxygen atoms in total. The van der Waals surface area contributed by atoms with Gasteiger partial charge in [-0.25, -0.2) is 4.39 Å². The van der Waals surface area contributed by atoms with Gasteiger partial charge < -0.3 is 20.7 Å². The molecule has 8 heteroatoms. The third-order valence-corrected chi connectivity index (χ3v) is 3.09. The predicted molar refractivity (Wildman–Crippen MR) is 73.3 cm³/mol. The van der Waals surface area contributed by atoms with Crippen molar-refractivity contribution in [2.24, 2.45) is 10.9 Å². The number of amides is 1. The highest BCUT2D eigenvalue weighted by atomic mass is 79.9. The van der Waals surface area contributed by atoms with Gasteiger partial charge >= 0.3 is 0 Å². The van der Waals surface area contributed by atoms with Crippen LogP contribution < -0.4 is 11.1 Å². The van der Waals surface area contributed by atoms with Crippen LogP contribution in [-0.2, 0) is 0 Å². The number of hydrogen-bond donors (Lipinski definition) is 3. The zero-order valence-electron chi connectivity index (χ0n) is 9.93. The maximum atomic E-state index is 13.2. The minimum absolute atomic E-state index is 0.0699. The molecule has 0 aliphatic heterocycles. The minimum atomic E-state index is -0.575. The van der Waals surface area contributed by atoms with Gasteiger partial charge in [0.1, 0.15) is 5.82 Å². The molecule has 0 saturated carbocycles. The van der Waals surface area contributed by atoms with E-state index < -0.39 is 11.7 Å². The fourth-order valence-corrected chi connectivity index (χ4v) is 1.96. The largest absolute Gasteiger partial charge is 0.457 e. The summed E-state index contributed by atoms with van der Waals surface area (Å²) in [5.74, 6) is -1.37. The Kier molecular flexibility index (Phi) is 4.04. The van der Waals surface area contributed by atoms with Crippen molar-refractivity contribution in [3.05, 3.63) is 52.1 Å². The molecular weight excluding hydrogens is 333 g/mol. The van der Waals surface area contributed by atoms with Crippen molar-refractivity contribution in [2.45, 2.75) is 0 Å². The third-order valence-electron chi connectivity index (χ3n) is 2.48. The predicted octanol–water partition coefficient (Wildman–Crippen LogP) is 2.53. The van der Waals surface area contributed by atoms with Crippen LogP contribution in [0.25, 0.3) is 0 Å². The zero-order chi connectivity index (χ0) is 14.7. The van der Waals surface area contributed by atoms with Crippen LogP contribution in [0, 0.1) is 5.82 Å². The Morgan fingerprint density at radius 1 is 1.40 bits per heavy atom. The monoisotopic (exact) mass is 341 g/mol. The molecule has 0 saturated heterocycles. The summed E-state index contributed by atoms with van der Waals surface area (Å²) in [6, 6.07) is 4.98. The molecule has 1 aromatic heterocycles. The molecule has 0 atom stereocenters. The van der Waals surface area contributed by atoms with E-state index in [-0.39, 0.29) is 27.3 Å². The van der Waals surface area contributed by atoms with Crippen LogP contribution in [0.3, 0.4) is 0 Å². The topological polar surface area (TPSA) is 101 Å². The van der Waals surface area contributed by atoms with Crippen LogP contribution in [0.4, 0.5) is 10.1 Å². The quantitative estimate of drug-likeness (QED) is 0.345. The number of rotatable bonds is 3. The molecule has 104 valence electrons. The number of amidine groups is 1. The average Bonchev–Trinajstić information content (AvgIpc) is 2.86. The number of furan rings is 1. The first-order valence-corrected chi connectivity index (χ1v) is 6.14. The minimum Gasteiger partial charge on any atom is -0.457 e.